The van der Waals surface area contributed by atoms with Crippen molar-refractivity contribution < 1.29 is 17.6 Å². The molecule has 1 rings (SSSR count). The Morgan fingerprint density at radius 2 is 1.22 bits per heavy atom. The average Bonchev–Trinajstić information content (AvgIpc) is 1.20. The summed E-state index contributed by atoms with van der Waals surface area (Å²) in [6, 6.07) is 0. The van der Waals surface area contributed by atoms with Gasteiger partial charge in [-0.05, 0) is 0 Å². The molecule has 0 aromatic heterocycles. The summed E-state index contributed by atoms with van der Waals surface area (Å²) >= 11 is 0. The molecule has 6 heteroatoms. The van der Waals surface area contributed by atoms with Crippen molar-refractivity contribution in [1.29, 1.82) is 0 Å². The van der Waals surface area contributed by atoms with Crippen LogP contribution in [-0.4, -0.2) is 70.3 Å². The molecule has 0 saturated carbocycles. The van der Waals surface area contributed by atoms with Gasteiger partial charge < -0.3 is 0 Å². The third-order valence-electron chi connectivity index (χ3n) is 1.03. The second-order valence-electron chi connectivity index (χ2n) is 2.07. The van der Waals surface area contributed by atoms with Gasteiger partial charge in [-0.2, -0.15) is 0 Å². The molecule has 1 aliphatic rings. The van der Waals surface area contributed by atoms with Crippen molar-refractivity contribution in [2.45, 2.75) is 18.1 Å². The van der Waals surface area contributed by atoms with Gasteiger partial charge >= 0.3 is 0 Å². The van der Waals surface area contributed by atoms with E-state index in [2.05, 4.69) is 0 Å². The Bertz CT molecular complexity index is 92.4. The van der Waals surface area contributed by atoms with Crippen LogP contribution in [0.4, 0.5) is 17.6 Å². The molecule has 0 bridgehead atoms. The molecule has 0 spiro atoms. The maximum atomic E-state index is 11.6. The van der Waals surface area contributed by atoms with Crippen LogP contribution in [0.2, 0.25) is 0 Å². The van der Waals surface area contributed by atoms with Crippen molar-refractivity contribution in [3.8, 4) is 0 Å². The predicted molar refractivity (Wildman–Crippen MR) is 27.4 cm³/mol. The summed E-state index contributed by atoms with van der Waals surface area (Å²) in [5, 5.41) is 0. The van der Waals surface area contributed by atoms with Gasteiger partial charge in [-0.25, -0.2) is 17.6 Å². The van der Waals surface area contributed by atoms with E-state index >= 15 is 0 Å². The molecule has 1 aliphatic heterocycles. The zero-order valence-electron chi connectivity index (χ0n) is 4.93. The summed E-state index contributed by atoms with van der Waals surface area (Å²) in [6.45, 7) is 0. The van der Waals surface area contributed by atoms with Crippen LogP contribution < -0.4 is 0 Å². The number of hydrogen-bond acceptors (Lipinski definition) is 0. The molecule has 0 atom stereocenters. The average molecular weight is 165 g/mol. The fourth-order valence-corrected chi connectivity index (χ4v) is 0.705. The minimum Gasteiger partial charge on any atom is -0.218 e. The van der Waals surface area contributed by atoms with E-state index in [1.165, 1.54) is 0 Å². The third kappa shape index (κ3) is 2.88. The van der Waals surface area contributed by atoms with E-state index in [-0.39, 0.29) is 51.4 Å². The van der Waals surface area contributed by atoms with E-state index < -0.39 is 25.3 Å². The molecule has 1 heterocycles. The molecule has 0 N–H and O–H groups in total. The van der Waals surface area contributed by atoms with Gasteiger partial charge in [0.15, 0.2) is 0 Å². The molecule has 1 radical (unpaired) electrons. The SMILES string of the molecule is FC1(F)BC(F)(F)C1.[K]. The molecule has 0 nitrogen and oxygen atoms in total. The molecule has 0 unspecified atom stereocenters. The summed E-state index contributed by atoms with van der Waals surface area (Å²) in [7, 11) is -1.26. The van der Waals surface area contributed by atoms with Gasteiger partial charge in [-0.3, -0.25) is 0 Å². The molecule has 1 saturated heterocycles. The smallest absolute Gasteiger partial charge is 0.218 e. The van der Waals surface area contributed by atoms with Crippen molar-refractivity contribution in [3.05, 3.63) is 0 Å². The number of halogens is 4. The van der Waals surface area contributed by atoms with E-state index in [1.807, 2.05) is 0 Å². The minimum absolute atomic E-state index is 0. The zero-order valence-corrected chi connectivity index (χ0v) is 8.05. The second kappa shape index (κ2) is 2.81. The molecular weight excluding hydrogens is 162 g/mol. The Labute approximate surface area is 93.0 Å². The topological polar surface area (TPSA) is 0 Å². The van der Waals surface area contributed by atoms with Crippen LogP contribution in [-0.2, 0) is 0 Å². The fraction of sp³-hybridized carbons (Fsp3) is 1.00. The van der Waals surface area contributed by atoms with Crippen molar-refractivity contribution in [3.63, 3.8) is 0 Å². The van der Waals surface area contributed by atoms with Gasteiger partial charge in [-0.1, -0.05) is 0 Å². The minimum atomic E-state index is -3.09. The molecule has 0 aromatic rings. The number of hydrogen-bond donors (Lipinski definition) is 0. The Morgan fingerprint density at radius 1 is 1.00 bits per heavy atom. The molecule has 1 fully saturated rings. The van der Waals surface area contributed by atoms with E-state index in [4.69, 9.17) is 0 Å². The molecule has 0 amide bonds. The first-order chi connectivity index (χ1) is 3.41. The Hall–Kier alpha value is 1.42. The maximum absolute atomic E-state index is 11.6. The molecule has 0 aromatic carbocycles. The standard InChI is InChI=1S/C3H3BF4.K/c5-2(6)1-3(7,8)4-2;/h4H,1H2;. The quantitative estimate of drug-likeness (QED) is 0.364. The molecule has 0 aliphatic carbocycles. The van der Waals surface area contributed by atoms with Crippen molar-refractivity contribution in [1.82, 2.24) is 0 Å². The van der Waals surface area contributed by atoms with Crippen LogP contribution in [0.3, 0.4) is 0 Å². The summed E-state index contributed by atoms with van der Waals surface area (Å²) in [6.07, 6.45) is -1.26. The first kappa shape index (κ1) is 10.4. The molecule has 9 heavy (non-hydrogen) atoms. The monoisotopic (exact) mass is 165 g/mol. The molecule has 47 valence electrons. The Balaban J connectivity index is 0.000000640. The predicted octanol–water partition coefficient (Wildman–Crippen LogP) is 0.631. The first-order valence-corrected chi connectivity index (χ1v) is 2.17. The van der Waals surface area contributed by atoms with E-state index in [9.17, 15) is 17.6 Å². The maximum Gasteiger partial charge on any atom is 0.297 e. The van der Waals surface area contributed by atoms with E-state index in [1.54, 1.807) is 0 Å². The van der Waals surface area contributed by atoms with Gasteiger partial charge in [-0.15, -0.1) is 0 Å². The third-order valence-corrected chi connectivity index (χ3v) is 1.03. The van der Waals surface area contributed by atoms with Crippen LogP contribution in [0.5, 0.6) is 0 Å². The van der Waals surface area contributed by atoms with Gasteiger partial charge in [0.1, 0.15) is 0 Å². The van der Waals surface area contributed by atoms with Crippen LogP contribution in [0.1, 0.15) is 6.42 Å². The van der Waals surface area contributed by atoms with Crippen molar-refractivity contribution >= 4 is 58.7 Å². The van der Waals surface area contributed by atoms with Crippen molar-refractivity contribution in [2.75, 3.05) is 0 Å². The summed E-state index contributed by atoms with van der Waals surface area (Å²) < 4.78 is 46.2. The largest absolute Gasteiger partial charge is 0.297 e. The van der Waals surface area contributed by atoms with Crippen LogP contribution >= 0.6 is 0 Å². The van der Waals surface area contributed by atoms with E-state index in [0.717, 1.165) is 0 Å². The zero-order chi connectivity index (χ0) is 6.41. The fourth-order valence-electron chi connectivity index (χ4n) is 0.705. The van der Waals surface area contributed by atoms with Gasteiger partial charge in [0, 0.05) is 51.4 Å². The second-order valence-corrected chi connectivity index (χ2v) is 2.07. The van der Waals surface area contributed by atoms with Crippen LogP contribution in [0.25, 0.3) is 0 Å². The van der Waals surface area contributed by atoms with Gasteiger partial charge in [0.25, 0.3) is 7.28 Å². The number of alkyl halides is 4. The van der Waals surface area contributed by atoms with E-state index in [0.29, 0.717) is 0 Å². The summed E-state index contributed by atoms with van der Waals surface area (Å²) in [5.74, 6) is -6.19. The van der Waals surface area contributed by atoms with Gasteiger partial charge in [0.2, 0.25) is 11.6 Å². The first-order valence-electron chi connectivity index (χ1n) is 2.17. The summed E-state index contributed by atoms with van der Waals surface area (Å²) in [5.41, 5.74) is 0. The Kier molecular flexibility index (Phi) is 3.25. The van der Waals surface area contributed by atoms with Crippen LogP contribution in [0.15, 0.2) is 0 Å². The van der Waals surface area contributed by atoms with Gasteiger partial charge in [0.05, 0.1) is 6.42 Å². The van der Waals surface area contributed by atoms with Crippen molar-refractivity contribution in [2.24, 2.45) is 0 Å². The summed E-state index contributed by atoms with van der Waals surface area (Å²) in [4.78, 5) is 0. The molecular formula is C3H3BF4K. The number of rotatable bonds is 0. The normalized spacial score (nSPS) is 27.1. The Morgan fingerprint density at radius 3 is 1.22 bits per heavy atom. The van der Waals surface area contributed by atoms with Crippen LogP contribution in [0, 0.1) is 0 Å².